The van der Waals surface area contributed by atoms with Crippen LogP contribution in [0, 0.1) is 5.92 Å². The molecule has 0 aromatic heterocycles. The summed E-state index contributed by atoms with van der Waals surface area (Å²) in [5, 5.41) is 0. The minimum Gasteiger partial charge on any atom is -0.493 e. The zero-order valence-electron chi connectivity index (χ0n) is 16.9. The molecule has 1 aromatic carbocycles. The van der Waals surface area contributed by atoms with E-state index in [0.29, 0.717) is 29.3 Å². The highest BCUT2D eigenvalue weighted by atomic mass is 16.6. The van der Waals surface area contributed by atoms with Gasteiger partial charge < -0.3 is 18.9 Å². The van der Waals surface area contributed by atoms with Gasteiger partial charge in [0.05, 0.1) is 14.2 Å². The van der Waals surface area contributed by atoms with Crippen molar-refractivity contribution >= 4 is 11.8 Å². The molecule has 3 atom stereocenters. The fourth-order valence-electron chi connectivity index (χ4n) is 3.93. The number of rotatable bonds is 6. The van der Waals surface area contributed by atoms with Crippen LogP contribution in [0.4, 0.5) is 0 Å². The molecule has 1 aliphatic carbocycles. The Balaban J connectivity index is 2.06. The number of allylic oxidation sites excluding steroid dienone is 2. The summed E-state index contributed by atoms with van der Waals surface area (Å²) in [6.45, 7) is 5.33. The van der Waals surface area contributed by atoms with Crippen LogP contribution < -0.4 is 9.47 Å². The summed E-state index contributed by atoms with van der Waals surface area (Å²) < 4.78 is 22.6. The second-order valence-corrected chi connectivity index (χ2v) is 7.12. The van der Waals surface area contributed by atoms with Crippen LogP contribution in [0.15, 0.2) is 41.7 Å². The van der Waals surface area contributed by atoms with Crippen LogP contribution >= 0.6 is 0 Å². The van der Waals surface area contributed by atoms with Crippen molar-refractivity contribution in [2.75, 3.05) is 14.2 Å². The lowest BCUT2D eigenvalue weighted by molar-refractivity contribution is -0.152. The van der Waals surface area contributed by atoms with E-state index in [9.17, 15) is 9.59 Å². The normalized spacial score (nSPS) is 26.0. The molecule has 0 N–H and O–H groups in total. The molecule has 1 aliphatic heterocycles. The third-order valence-electron chi connectivity index (χ3n) is 5.31. The van der Waals surface area contributed by atoms with Gasteiger partial charge in [-0.3, -0.25) is 9.59 Å². The van der Waals surface area contributed by atoms with Gasteiger partial charge in [0, 0.05) is 24.5 Å². The van der Waals surface area contributed by atoms with Crippen LogP contribution in [-0.2, 0) is 19.1 Å². The van der Waals surface area contributed by atoms with E-state index < -0.39 is 17.7 Å². The van der Waals surface area contributed by atoms with E-state index in [1.165, 1.54) is 13.0 Å². The van der Waals surface area contributed by atoms with Crippen LogP contribution in [0.2, 0.25) is 0 Å². The Hall–Kier alpha value is -2.76. The Morgan fingerprint density at radius 3 is 2.54 bits per heavy atom. The van der Waals surface area contributed by atoms with E-state index in [1.54, 1.807) is 20.3 Å². The number of fused-ring (bicyclic) bond motifs is 1. The fourth-order valence-corrected chi connectivity index (χ4v) is 3.93. The number of hydrogen-bond acceptors (Lipinski definition) is 6. The fraction of sp³-hybridized carbons (Fsp3) is 0.455. The van der Waals surface area contributed by atoms with E-state index in [2.05, 4.69) is 0 Å². The molecule has 3 unspecified atom stereocenters. The Morgan fingerprint density at radius 1 is 1.21 bits per heavy atom. The second kappa shape index (κ2) is 7.70. The second-order valence-electron chi connectivity index (χ2n) is 7.12. The number of benzene rings is 1. The average molecular weight is 386 g/mol. The van der Waals surface area contributed by atoms with Gasteiger partial charge >= 0.3 is 5.97 Å². The van der Waals surface area contributed by atoms with Gasteiger partial charge in [-0.05, 0) is 30.2 Å². The Labute approximate surface area is 165 Å². The summed E-state index contributed by atoms with van der Waals surface area (Å²) in [5.74, 6) is 0.819. The van der Waals surface area contributed by atoms with Gasteiger partial charge in [0.25, 0.3) is 0 Å². The molecule has 2 aliphatic rings. The molecule has 1 aromatic rings. The number of ketones is 1. The van der Waals surface area contributed by atoms with Gasteiger partial charge in [0.15, 0.2) is 22.9 Å². The number of ether oxygens (including phenoxy) is 4. The van der Waals surface area contributed by atoms with Crippen LogP contribution in [0.5, 0.6) is 11.5 Å². The molecule has 3 rings (SSSR count). The van der Waals surface area contributed by atoms with Crippen LogP contribution in [-0.4, -0.2) is 31.6 Å². The molecule has 1 heterocycles. The first-order chi connectivity index (χ1) is 13.4. The Kier molecular flexibility index (Phi) is 5.49. The summed E-state index contributed by atoms with van der Waals surface area (Å²) in [6.07, 6.45) is 4.28. The van der Waals surface area contributed by atoms with Crippen molar-refractivity contribution < 1.29 is 28.5 Å². The van der Waals surface area contributed by atoms with Gasteiger partial charge in [-0.1, -0.05) is 26.3 Å². The lowest BCUT2D eigenvalue weighted by atomic mass is 9.78. The topological polar surface area (TPSA) is 71.1 Å². The van der Waals surface area contributed by atoms with Crippen molar-refractivity contribution in [3.63, 3.8) is 0 Å². The lowest BCUT2D eigenvalue weighted by Gasteiger charge is -2.32. The van der Waals surface area contributed by atoms with Gasteiger partial charge in [0.1, 0.15) is 11.9 Å². The van der Waals surface area contributed by atoms with Crippen molar-refractivity contribution in [1.82, 2.24) is 0 Å². The highest BCUT2D eigenvalue weighted by Gasteiger charge is 2.56. The summed E-state index contributed by atoms with van der Waals surface area (Å²) in [4.78, 5) is 24.4. The number of carbonyl (C=O) groups is 2. The first kappa shape index (κ1) is 20.0. The summed E-state index contributed by atoms with van der Waals surface area (Å²) in [5.41, 5.74) is 0.419. The average Bonchev–Trinajstić information content (AvgIpc) is 2.93. The van der Waals surface area contributed by atoms with Gasteiger partial charge in [-0.25, -0.2) is 0 Å². The van der Waals surface area contributed by atoms with Crippen molar-refractivity contribution in [3.05, 3.63) is 47.2 Å². The van der Waals surface area contributed by atoms with E-state index >= 15 is 0 Å². The third kappa shape index (κ3) is 3.28. The molecular formula is C22H26O6. The summed E-state index contributed by atoms with van der Waals surface area (Å²) in [7, 11) is 3.15. The van der Waals surface area contributed by atoms with Crippen molar-refractivity contribution in [2.45, 2.75) is 45.3 Å². The Morgan fingerprint density at radius 2 is 1.93 bits per heavy atom. The summed E-state index contributed by atoms with van der Waals surface area (Å²) in [6, 6.07) is 5.54. The largest absolute Gasteiger partial charge is 0.493 e. The monoisotopic (exact) mass is 386 g/mol. The third-order valence-corrected chi connectivity index (χ3v) is 5.31. The van der Waals surface area contributed by atoms with E-state index in [0.717, 1.165) is 12.0 Å². The first-order valence-corrected chi connectivity index (χ1v) is 9.42. The molecule has 28 heavy (non-hydrogen) atoms. The smallest absolute Gasteiger partial charge is 0.303 e. The predicted octanol–water partition coefficient (Wildman–Crippen LogP) is 3.91. The van der Waals surface area contributed by atoms with Crippen LogP contribution in [0.3, 0.4) is 0 Å². The zero-order chi connectivity index (χ0) is 20.5. The zero-order valence-corrected chi connectivity index (χ0v) is 16.9. The van der Waals surface area contributed by atoms with Crippen molar-refractivity contribution in [3.8, 4) is 11.5 Å². The molecule has 1 saturated heterocycles. The molecule has 6 heteroatoms. The van der Waals surface area contributed by atoms with Gasteiger partial charge in [0.2, 0.25) is 0 Å². The molecule has 6 nitrogen and oxygen atoms in total. The first-order valence-electron chi connectivity index (χ1n) is 9.42. The molecule has 0 amide bonds. The minimum atomic E-state index is -1.08. The van der Waals surface area contributed by atoms with Crippen molar-refractivity contribution in [2.24, 2.45) is 5.92 Å². The maximum Gasteiger partial charge on any atom is 0.303 e. The van der Waals surface area contributed by atoms with Gasteiger partial charge in [-0.2, -0.15) is 0 Å². The number of hydrogen-bond donors (Lipinski definition) is 0. The maximum atomic E-state index is 12.5. The van der Waals surface area contributed by atoms with E-state index in [4.69, 9.17) is 18.9 Å². The van der Waals surface area contributed by atoms with Crippen LogP contribution in [0.25, 0.3) is 0 Å². The SMILES string of the molecule is CCCC1=CC2(OC(C)=O)C(=CC1=O)OC(c1ccc(OC)c(OC)c1)C2C. The quantitative estimate of drug-likeness (QED) is 0.691. The molecule has 0 radical (unpaired) electrons. The molecular weight excluding hydrogens is 360 g/mol. The van der Waals surface area contributed by atoms with Crippen molar-refractivity contribution in [1.29, 1.82) is 0 Å². The maximum absolute atomic E-state index is 12.5. The number of carbonyl (C=O) groups excluding carboxylic acids is 2. The van der Waals surface area contributed by atoms with Gasteiger partial charge in [-0.15, -0.1) is 0 Å². The minimum absolute atomic E-state index is 0.0974. The standard InChI is InChI=1S/C22H26O6/c1-6-7-16-12-22(28-14(3)23)13(2)21(27-20(22)11-17(16)24)15-8-9-18(25-4)19(10-15)26-5/h8-13,21H,6-7H2,1-5H3. The molecule has 150 valence electrons. The summed E-state index contributed by atoms with van der Waals surface area (Å²) >= 11 is 0. The molecule has 0 bridgehead atoms. The highest BCUT2D eigenvalue weighted by molar-refractivity contribution is 6.06. The lowest BCUT2D eigenvalue weighted by Crippen LogP contribution is -2.40. The molecule has 1 fully saturated rings. The van der Waals surface area contributed by atoms with E-state index in [1.807, 2.05) is 32.0 Å². The number of esters is 1. The number of methoxy groups -OCH3 is 2. The van der Waals surface area contributed by atoms with E-state index in [-0.39, 0.29) is 11.7 Å². The van der Waals surface area contributed by atoms with Crippen LogP contribution in [0.1, 0.15) is 45.3 Å². The highest BCUT2D eigenvalue weighted by Crippen LogP contribution is 2.52. The predicted molar refractivity (Wildman–Crippen MR) is 103 cm³/mol. The molecule has 0 saturated carbocycles. The molecule has 0 spiro atoms. The Bertz CT molecular complexity index is 853.